The highest BCUT2D eigenvalue weighted by atomic mass is 19.1. The third kappa shape index (κ3) is 4.93. The molecule has 3 rings (SSSR count). The van der Waals surface area contributed by atoms with Crippen molar-refractivity contribution >= 4 is 23.4 Å². The van der Waals surface area contributed by atoms with Crippen molar-refractivity contribution in [1.29, 1.82) is 0 Å². The van der Waals surface area contributed by atoms with Crippen LogP contribution in [0, 0.1) is 5.82 Å². The number of halogens is 1. The fourth-order valence-corrected chi connectivity index (χ4v) is 2.83. The number of urea groups is 1. The van der Waals surface area contributed by atoms with E-state index in [1.807, 2.05) is 0 Å². The fourth-order valence-electron chi connectivity index (χ4n) is 2.83. The molecule has 1 aliphatic rings. The molecule has 1 aromatic carbocycles. The highest BCUT2D eigenvalue weighted by Crippen LogP contribution is 2.17. The van der Waals surface area contributed by atoms with Gasteiger partial charge in [0.2, 0.25) is 5.91 Å². The largest absolute Gasteiger partial charge is 0.368 e. The van der Waals surface area contributed by atoms with Crippen LogP contribution in [0.25, 0.3) is 0 Å². The second-order valence-corrected chi connectivity index (χ2v) is 6.33. The Kier molecular flexibility index (Phi) is 5.85. The van der Waals surface area contributed by atoms with Crippen LogP contribution >= 0.6 is 0 Å². The van der Waals surface area contributed by atoms with E-state index in [4.69, 9.17) is 0 Å². The van der Waals surface area contributed by atoms with Gasteiger partial charge in [-0.15, -0.1) is 0 Å². The first-order valence-corrected chi connectivity index (χ1v) is 8.81. The second kappa shape index (κ2) is 8.48. The van der Waals surface area contributed by atoms with Gasteiger partial charge >= 0.3 is 6.03 Å². The molecule has 0 aliphatic carbocycles. The van der Waals surface area contributed by atoms with E-state index in [0.717, 1.165) is 5.69 Å². The molecule has 142 valence electrons. The summed E-state index contributed by atoms with van der Waals surface area (Å²) in [5.74, 6) is -0.154. The van der Waals surface area contributed by atoms with Crippen molar-refractivity contribution in [3.8, 4) is 0 Å². The maximum atomic E-state index is 13.0. The van der Waals surface area contributed by atoms with Gasteiger partial charge in [0, 0.05) is 38.1 Å². The van der Waals surface area contributed by atoms with Crippen LogP contribution in [0.3, 0.4) is 0 Å². The predicted octanol–water partition coefficient (Wildman–Crippen LogP) is 2.08. The van der Waals surface area contributed by atoms with Gasteiger partial charge in [0.15, 0.2) is 0 Å². The molecule has 1 aromatic heterocycles. The number of nitrogens with one attached hydrogen (secondary N) is 2. The molecular formula is C19H22FN5O2. The van der Waals surface area contributed by atoms with Gasteiger partial charge in [0.05, 0.1) is 0 Å². The number of rotatable bonds is 4. The molecule has 7 nitrogen and oxygen atoms in total. The number of hydrogen-bond acceptors (Lipinski definition) is 4. The van der Waals surface area contributed by atoms with Crippen molar-refractivity contribution < 1.29 is 14.0 Å². The number of hydrogen-bond donors (Lipinski definition) is 2. The normalized spacial score (nSPS) is 15.2. The number of amides is 3. The van der Waals surface area contributed by atoms with Gasteiger partial charge in [-0.2, -0.15) is 0 Å². The molecule has 1 saturated heterocycles. The van der Waals surface area contributed by atoms with Gasteiger partial charge in [-0.05, 0) is 43.3 Å². The molecule has 1 atom stereocenters. The molecule has 0 radical (unpaired) electrons. The van der Waals surface area contributed by atoms with Crippen LogP contribution in [0.2, 0.25) is 0 Å². The lowest BCUT2D eigenvalue weighted by Gasteiger charge is -2.36. The van der Waals surface area contributed by atoms with E-state index < -0.39 is 6.04 Å². The molecule has 1 aliphatic heterocycles. The Balaban J connectivity index is 1.47. The number of piperazine rings is 1. The summed E-state index contributed by atoms with van der Waals surface area (Å²) in [5, 5.41) is 5.37. The molecule has 1 fully saturated rings. The summed E-state index contributed by atoms with van der Waals surface area (Å²) in [5.41, 5.74) is 0.930. The van der Waals surface area contributed by atoms with Gasteiger partial charge < -0.3 is 20.4 Å². The second-order valence-electron chi connectivity index (χ2n) is 6.33. The number of carbonyl (C=O) groups is 2. The summed E-state index contributed by atoms with van der Waals surface area (Å²) in [6.45, 7) is 3.97. The van der Waals surface area contributed by atoms with Crippen LogP contribution in [0.1, 0.15) is 6.92 Å². The van der Waals surface area contributed by atoms with Crippen LogP contribution < -0.4 is 15.5 Å². The standard InChI is InChI=1S/C19H22FN5O2/c1-14(18(26)23-17-4-2-3-9-21-17)22-19(27)25-12-10-24(11-13-25)16-7-5-15(20)6-8-16/h2-9,14H,10-13H2,1H3,(H,22,27)(H,21,23,26). The Bertz CT molecular complexity index is 776. The molecular weight excluding hydrogens is 349 g/mol. The summed E-state index contributed by atoms with van der Waals surface area (Å²) in [6.07, 6.45) is 1.58. The molecule has 0 saturated carbocycles. The lowest BCUT2D eigenvalue weighted by Crippen LogP contribution is -2.54. The Morgan fingerprint density at radius 1 is 1.07 bits per heavy atom. The summed E-state index contributed by atoms with van der Waals surface area (Å²) < 4.78 is 13.0. The van der Waals surface area contributed by atoms with Crippen molar-refractivity contribution in [3.63, 3.8) is 0 Å². The van der Waals surface area contributed by atoms with Crippen LogP contribution in [0.4, 0.5) is 20.7 Å². The Hall–Kier alpha value is -3.16. The zero-order chi connectivity index (χ0) is 19.2. The maximum Gasteiger partial charge on any atom is 0.318 e. The molecule has 1 unspecified atom stereocenters. The maximum absolute atomic E-state index is 13.0. The number of pyridine rings is 1. The molecule has 3 amide bonds. The van der Waals surface area contributed by atoms with E-state index >= 15 is 0 Å². The van der Waals surface area contributed by atoms with Gasteiger partial charge in [0.25, 0.3) is 0 Å². The monoisotopic (exact) mass is 371 g/mol. The number of benzene rings is 1. The van der Waals surface area contributed by atoms with Crippen LogP contribution in [0.15, 0.2) is 48.7 Å². The fraction of sp³-hybridized carbons (Fsp3) is 0.316. The number of aromatic nitrogens is 1. The smallest absolute Gasteiger partial charge is 0.318 e. The molecule has 2 aromatic rings. The third-order valence-electron chi connectivity index (χ3n) is 4.41. The quantitative estimate of drug-likeness (QED) is 0.863. The highest BCUT2D eigenvalue weighted by Gasteiger charge is 2.24. The summed E-state index contributed by atoms with van der Waals surface area (Å²) in [4.78, 5) is 32.4. The molecule has 0 spiro atoms. The van der Waals surface area contributed by atoms with Crippen molar-refractivity contribution in [3.05, 3.63) is 54.5 Å². The van der Waals surface area contributed by atoms with E-state index in [2.05, 4.69) is 20.5 Å². The Morgan fingerprint density at radius 3 is 2.41 bits per heavy atom. The predicted molar refractivity (Wildman–Crippen MR) is 101 cm³/mol. The van der Waals surface area contributed by atoms with Gasteiger partial charge in [0.1, 0.15) is 17.7 Å². The number of nitrogens with zero attached hydrogens (tertiary/aromatic N) is 3. The molecule has 0 bridgehead atoms. The minimum Gasteiger partial charge on any atom is -0.368 e. The average Bonchev–Trinajstić information content (AvgIpc) is 2.69. The van der Waals surface area contributed by atoms with E-state index in [-0.39, 0.29) is 17.8 Å². The number of carbonyl (C=O) groups excluding carboxylic acids is 2. The minimum atomic E-state index is -0.686. The third-order valence-corrected chi connectivity index (χ3v) is 4.41. The summed E-state index contributed by atoms with van der Waals surface area (Å²) >= 11 is 0. The summed E-state index contributed by atoms with van der Waals surface area (Å²) in [6, 6.07) is 10.6. The van der Waals surface area contributed by atoms with Gasteiger partial charge in [-0.3, -0.25) is 4.79 Å². The lowest BCUT2D eigenvalue weighted by molar-refractivity contribution is -0.117. The van der Waals surface area contributed by atoms with E-state index in [0.29, 0.717) is 32.0 Å². The zero-order valence-corrected chi connectivity index (χ0v) is 15.1. The first kappa shape index (κ1) is 18.6. The van der Waals surface area contributed by atoms with E-state index in [1.165, 1.54) is 12.1 Å². The first-order valence-electron chi connectivity index (χ1n) is 8.81. The van der Waals surface area contributed by atoms with E-state index in [9.17, 15) is 14.0 Å². The van der Waals surface area contributed by atoms with Crippen LogP contribution in [-0.2, 0) is 4.79 Å². The van der Waals surface area contributed by atoms with Crippen molar-refractivity contribution in [2.24, 2.45) is 0 Å². The average molecular weight is 371 g/mol. The first-order chi connectivity index (χ1) is 13.0. The van der Waals surface area contributed by atoms with Gasteiger partial charge in [-0.25, -0.2) is 14.2 Å². The van der Waals surface area contributed by atoms with Gasteiger partial charge in [-0.1, -0.05) is 6.07 Å². The number of anilines is 2. The molecule has 2 N–H and O–H groups in total. The Morgan fingerprint density at radius 2 is 1.78 bits per heavy atom. The van der Waals surface area contributed by atoms with Crippen molar-refractivity contribution in [2.75, 3.05) is 36.4 Å². The topological polar surface area (TPSA) is 77.6 Å². The zero-order valence-electron chi connectivity index (χ0n) is 15.1. The lowest BCUT2D eigenvalue weighted by atomic mass is 10.2. The van der Waals surface area contributed by atoms with E-state index in [1.54, 1.807) is 48.4 Å². The van der Waals surface area contributed by atoms with Crippen LogP contribution in [0.5, 0.6) is 0 Å². The summed E-state index contributed by atoms with van der Waals surface area (Å²) in [7, 11) is 0. The molecule has 2 heterocycles. The van der Waals surface area contributed by atoms with Crippen LogP contribution in [-0.4, -0.2) is 54.0 Å². The van der Waals surface area contributed by atoms with Crippen molar-refractivity contribution in [1.82, 2.24) is 15.2 Å². The SMILES string of the molecule is CC(NC(=O)N1CCN(c2ccc(F)cc2)CC1)C(=O)Nc1ccccn1. The molecule has 8 heteroatoms. The Labute approximate surface area is 157 Å². The minimum absolute atomic E-state index is 0.269. The molecule has 27 heavy (non-hydrogen) atoms. The van der Waals surface area contributed by atoms with Crippen molar-refractivity contribution in [2.45, 2.75) is 13.0 Å². The highest BCUT2D eigenvalue weighted by molar-refractivity contribution is 5.96.